The molecule has 1 saturated heterocycles. The van der Waals surface area contributed by atoms with Crippen molar-refractivity contribution in [1.82, 2.24) is 10.6 Å². The quantitative estimate of drug-likeness (QED) is 0.885. The molecule has 0 radical (unpaired) electrons. The Morgan fingerprint density at radius 3 is 2.40 bits per heavy atom. The minimum atomic E-state index is -0.0911. The van der Waals surface area contributed by atoms with Crippen LogP contribution in [0.3, 0.4) is 0 Å². The fraction of sp³-hybridized carbons (Fsp3) is 0.682. The van der Waals surface area contributed by atoms with Gasteiger partial charge in [0.2, 0.25) is 5.91 Å². The third-order valence-corrected chi connectivity index (χ3v) is 7.62. The van der Waals surface area contributed by atoms with Gasteiger partial charge in [0, 0.05) is 25.6 Å². The molecule has 4 aliphatic carbocycles. The molecule has 3 heteroatoms. The molecule has 1 aromatic rings. The van der Waals surface area contributed by atoms with Gasteiger partial charge < -0.3 is 10.6 Å². The molecule has 2 atom stereocenters. The average molecular weight is 338 g/mol. The van der Waals surface area contributed by atoms with E-state index in [1.54, 1.807) is 0 Å². The molecule has 2 N–H and O–H groups in total. The average Bonchev–Trinajstić information content (AvgIpc) is 2.52. The highest BCUT2D eigenvalue weighted by molar-refractivity contribution is 5.83. The summed E-state index contributed by atoms with van der Waals surface area (Å²) >= 11 is 0. The summed E-state index contributed by atoms with van der Waals surface area (Å²) in [6, 6.07) is 9.19. The summed E-state index contributed by atoms with van der Waals surface area (Å²) in [6.07, 6.45) is 7.29. The molecule has 3 nitrogen and oxygen atoms in total. The summed E-state index contributed by atoms with van der Waals surface area (Å²) in [6.45, 7) is 5.14. The van der Waals surface area contributed by atoms with Gasteiger partial charge in [-0.1, -0.05) is 29.8 Å². The molecule has 6 rings (SSSR count). The summed E-state index contributed by atoms with van der Waals surface area (Å²) in [7, 11) is 0. The fourth-order valence-corrected chi connectivity index (χ4v) is 6.69. The van der Waals surface area contributed by atoms with Crippen molar-refractivity contribution in [3.63, 3.8) is 0 Å². The first-order valence-electron chi connectivity index (χ1n) is 10.1. The second-order valence-electron chi connectivity index (χ2n) is 9.62. The van der Waals surface area contributed by atoms with E-state index in [0.717, 1.165) is 50.7 Å². The van der Waals surface area contributed by atoms with Crippen molar-refractivity contribution in [3.05, 3.63) is 35.4 Å². The maximum Gasteiger partial charge on any atom is 0.226 e. The number of carbonyl (C=O) groups excluding carboxylic acids is 1. The van der Waals surface area contributed by atoms with Crippen LogP contribution in [-0.4, -0.2) is 25.5 Å². The Morgan fingerprint density at radius 1 is 1.12 bits per heavy atom. The van der Waals surface area contributed by atoms with E-state index < -0.39 is 0 Å². The third kappa shape index (κ3) is 2.54. The number of hydrogen-bond acceptors (Lipinski definition) is 2. The molecule has 1 aromatic carbocycles. The number of nitrogens with one attached hydrogen (secondary N) is 2. The molecule has 2 unspecified atom stereocenters. The van der Waals surface area contributed by atoms with E-state index in [1.807, 2.05) is 0 Å². The molecule has 4 saturated carbocycles. The van der Waals surface area contributed by atoms with Crippen LogP contribution in [0.25, 0.3) is 0 Å². The van der Waals surface area contributed by atoms with Crippen molar-refractivity contribution in [2.45, 2.75) is 50.9 Å². The molecule has 5 fully saturated rings. The molecule has 4 bridgehead atoms. The second kappa shape index (κ2) is 5.57. The Hall–Kier alpha value is -1.35. The van der Waals surface area contributed by atoms with Crippen molar-refractivity contribution in [2.75, 3.05) is 19.6 Å². The predicted octanol–water partition coefficient (Wildman–Crippen LogP) is 3.17. The number of hydrogen-bond donors (Lipinski definition) is 2. The molecular weight excluding hydrogens is 308 g/mol. The predicted molar refractivity (Wildman–Crippen MR) is 99.3 cm³/mol. The standard InChI is InChI=1S/C22H30N2O/c1-15-2-4-19(5-3-15)21-7-16-6-17(8-21)10-22(9-16,14-21)20(25)24-13-18-11-23-12-18/h2-5,16-18,23H,6-14H2,1H3,(H,24,25). The fourth-order valence-electron chi connectivity index (χ4n) is 6.69. The SMILES string of the molecule is Cc1ccc(C23CC4CC(CC(C(=O)NCC5CNC5)(C4)C2)C3)cc1. The monoisotopic (exact) mass is 338 g/mol. The molecule has 0 aromatic heterocycles. The van der Waals surface area contributed by atoms with Gasteiger partial charge in [-0.15, -0.1) is 0 Å². The van der Waals surface area contributed by atoms with Crippen LogP contribution in [0.5, 0.6) is 0 Å². The minimum absolute atomic E-state index is 0.0911. The van der Waals surface area contributed by atoms with E-state index in [2.05, 4.69) is 41.8 Å². The van der Waals surface area contributed by atoms with Gasteiger partial charge in [-0.25, -0.2) is 0 Å². The van der Waals surface area contributed by atoms with Gasteiger partial charge in [0.1, 0.15) is 0 Å². The lowest BCUT2D eigenvalue weighted by Crippen LogP contribution is -2.60. The lowest BCUT2D eigenvalue weighted by molar-refractivity contribution is -0.149. The summed E-state index contributed by atoms with van der Waals surface area (Å²) in [5, 5.41) is 6.64. The Morgan fingerprint density at radius 2 is 1.80 bits per heavy atom. The van der Waals surface area contributed by atoms with Crippen LogP contribution < -0.4 is 10.6 Å². The maximum absolute atomic E-state index is 13.2. The Labute approximate surface area is 151 Å². The molecule has 1 amide bonds. The highest BCUT2D eigenvalue weighted by Crippen LogP contribution is 2.65. The van der Waals surface area contributed by atoms with E-state index in [0.29, 0.717) is 11.8 Å². The maximum atomic E-state index is 13.2. The zero-order chi connectivity index (χ0) is 17.1. The van der Waals surface area contributed by atoms with Crippen LogP contribution in [0.4, 0.5) is 0 Å². The van der Waals surface area contributed by atoms with Gasteiger partial charge in [0.25, 0.3) is 0 Å². The van der Waals surface area contributed by atoms with E-state index in [4.69, 9.17) is 0 Å². The van der Waals surface area contributed by atoms with Crippen molar-refractivity contribution in [1.29, 1.82) is 0 Å². The lowest BCUT2D eigenvalue weighted by atomic mass is 9.42. The zero-order valence-corrected chi connectivity index (χ0v) is 15.3. The van der Waals surface area contributed by atoms with Gasteiger partial charge >= 0.3 is 0 Å². The van der Waals surface area contributed by atoms with Crippen LogP contribution in [-0.2, 0) is 10.2 Å². The van der Waals surface area contributed by atoms with Crippen LogP contribution in [0.1, 0.15) is 49.7 Å². The first-order valence-corrected chi connectivity index (χ1v) is 10.1. The number of aryl methyl sites for hydroxylation is 1. The summed E-state index contributed by atoms with van der Waals surface area (Å²) < 4.78 is 0. The van der Waals surface area contributed by atoms with Crippen molar-refractivity contribution < 1.29 is 4.79 Å². The molecule has 5 aliphatic rings. The van der Waals surface area contributed by atoms with Gasteiger partial charge in [0.15, 0.2) is 0 Å². The Balaban J connectivity index is 1.41. The van der Waals surface area contributed by atoms with Crippen molar-refractivity contribution in [2.24, 2.45) is 23.2 Å². The highest BCUT2D eigenvalue weighted by Gasteiger charge is 2.60. The third-order valence-electron chi connectivity index (χ3n) is 7.62. The van der Waals surface area contributed by atoms with Crippen molar-refractivity contribution >= 4 is 5.91 Å². The Bertz CT molecular complexity index is 662. The second-order valence-corrected chi connectivity index (χ2v) is 9.62. The van der Waals surface area contributed by atoms with Crippen LogP contribution in [0.15, 0.2) is 24.3 Å². The van der Waals surface area contributed by atoms with E-state index in [1.165, 1.54) is 30.4 Å². The molecule has 25 heavy (non-hydrogen) atoms. The summed E-state index contributed by atoms with van der Waals surface area (Å²) in [4.78, 5) is 13.2. The summed E-state index contributed by atoms with van der Waals surface area (Å²) in [5.41, 5.74) is 2.99. The van der Waals surface area contributed by atoms with E-state index in [9.17, 15) is 4.79 Å². The first kappa shape index (κ1) is 15.9. The molecule has 1 heterocycles. The van der Waals surface area contributed by atoms with E-state index >= 15 is 0 Å². The van der Waals surface area contributed by atoms with Crippen LogP contribution in [0, 0.1) is 30.1 Å². The topological polar surface area (TPSA) is 41.1 Å². The molecular formula is C22H30N2O. The normalized spacial score (nSPS) is 39.2. The number of rotatable bonds is 4. The number of benzene rings is 1. The van der Waals surface area contributed by atoms with Crippen LogP contribution in [0.2, 0.25) is 0 Å². The highest BCUT2D eigenvalue weighted by atomic mass is 16.2. The molecule has 1 aliphatic heterocycles. The van der Waals surface area contributed by atoms with Gasteiger partial charge in [-0.2, -0.15) is 0 Å². The lowest BCUT2D eigenvalue weighted by Gasteiger charge is -2.61. The molecule has 0 spiro atoms. The molecule has 134 valence electrons. The van der Waals surface area contributed by atoms with Gasteiger partial charge in [-0.05, 0) is 68.3 Å². The largest absolute Gasteiger partial charge is 0.355 e. The van der Waals surface area contributed by atoms with Gasteiger partial charge in [0.05, 0.1) is 5.41 Å². The minimum Gasteiger partial charge on any atom is -0.355 e. The van der Waals surface area contributed by atoms with E-state index in [-0.39, 0.29) is 10.8 Å². The summed E-state index contributed by atoms with van der Waals surface area (Å²) in [5.74, 6) is 2.51. The van der Waals surface area contributed by atoms with Crippen LogP contribution >= 0.6 is 0 Å². The number of carbonyl (C=O) groups is 1. The smallest absolute Gasteiger partial charge is 0.226 e. The Kier molecular flexibility index (Phi) is 3.54. The van der Waals surface area contributed by atoms with Crippen molar-refractivity contribution in [3.8, 4) is 0 Å². The first-order chi connectivity index (χ1) is 12.1. The van der Waals surface area contributed by atoms with Gasteiger partial charge in [-0.3, -0.25) is 4.79 Å². The number of amides is 1. The zero-order valence-electron chi connectivity index (χ0n) is 15.3.